The second-order valence-corrected chi connectivity index (χ2v) is 5.02. The number of carboxylic acids is 1. The van der Waals surface area contributed by atoms with Gasteiger partial charge in [-0.2, -0.15) is 0 Å². The highest BCUT2D eigenvalue weighted by atomic mass is 16.5. The molecule has 0 radical (unpaired) electrons. The highest BCUT2D eigenvalue weighted by molar-refractivity contribution is 5.76. The van der Waals surface area contributed by atoms with Crippen LogP contribution in [0.4, 0.5) is 0 Å². The van der Waals surface area contributed by atoms with E-state index in [1.807, 2.05) is 30.3 Å². The molecule has 104 valence electrons. The molecule has 0 aromatic heterocycles. The van der Waals surface area contributed by atoms with E-state index >= 15 is 0 Å². The van der Waals surface area contributed by atoms with Crippen molar-refractivity contribution in [2.75, 3.05) is 26.8 Å². The number of aliphatic carboxylic acids is 1. The van der Waals surface area contributed by atoms with Crippen LogP contribution < -0.4 is 0 Å². The van der Waals surface area contributed by atoms with Gasteiger partial charge in [-0.25, -0.2) is 0 Å². The fourth-order valence-electron chi connectivity index (χ4n) is 2.32. The first kappa shape index (κ1) is 14.0. The molecule has 1 aliphatic rings. The van der Waals surface area contributed by atoms with Crippen molar-refractivity contribution >= 4 is 5.97 Å². The Morgan fingerprint density at radius 1 is 1.42 bits per heavy atom. The molecule has 19 heavy (non-hydrogen) atoms. The molecular weight excluding hydrogens is 242 g/mol. The van der Waals surface area contributed by atoms with Crippen molar-refractivity contribution in [3.05, 3.63) is 35.9 Å². The highest BCUT2D eigenvalue weighted by Gasteiger charge is 2.32. The molecule has 0 saturated heterocycles. The number of rotatable bonds is 8. The summed E-state index contributed by atoms with van der Waals surface area (Å²) in [6.07, 6.45) is 2.34. The first-order valence-corrected chi connectivity index (χ1v) is 6.73. The van der Waals surface area contributed by atoms with Gasteiger partial charge in [0.25, 0.3) is 0 Å². The molecule has 1 unspecified atom stereocenters. The van der Waals surface area contributed by atoms with Crippen LogP contribution in [0, 0.1) is 0 Å². The molecule has 0 amide bonds. The molecule has 1 N–H and O–H groups in total. The van der Waals surface area contributed by atoms with E-state index in [0.717, 1.165) is 12.1 Å². The SMILES string of the molecule is COCCN(CC(C(=O)O)c1ccccc1)C1CC1. The number of nitrogens with zero attached hydrogens (tertiary/aromatic N) is 1. The van der Waals surface area contributed by atoms with Gasteiger partial charge in [-0.15, -0.1) is 0 Å². The molecule has 1 aliphatic carbocycles. The molecule has 1 atom stereocenters. The Kier molecular flexibility index (Phi) is 4.93. The van der Waals surface area contributed by atoms with E-state index in [1.54, 1.807) is 7.11 Å². The minimum Gasteiger partial charge on any atom is -0.481 e. The third-order valence-corrected chi connectivity index (χ3v) is 3.56. The van der Waals surface area contributed by atoms with Gasteiger partial charge in [0.2, 0.25) is 0 Å². The van der Waals surface area contributed by atoms with Crippen molar-refractivity contribution in [2.45, 2.75) is 24.8 Å². The van der Waals surface area contributed by atoms with E-state index in [0.29, 0.717) is 19.2 Å². The van der Waals surface area contributed by atoms with Crippen LogP contribution in [0.15, 0.2) is 30.3 Å². The van der Waals surface area contributed by atoms with Crippen LogP contribution in [0.3, 0.4) is 0 Å². The largest absolute Gasteiger partial charge is 0.481 e. The summed E-state index contributed by atoms with van der Waals surface area (Å²) in [7, 11) is 1.68. The van der Waals surface area contributed by atoms with Crippen LogP contribution >= 0.6 is 0 Å². The van der Waals surface area contributed by atoms with Crippen molar-refractivity contribution in [1.82, 2.24) is 4.90 Å². The number of carboxylic acid groups (broad SMARTS) is 1. The molecule has 1 aromatic carbocycles. The Morgan fingerprint density at radius 3 is 2.63 bits per heavy atom. The van der Waals surface area contributed by atoms with Crippen LogP contribution in [0.2, 0.25) is 0 Å². The zero-order valence-corrected chi connectivity index (χ0v) is 11.3. The van der Waals surface area contributed by atoms with E-state index in [2.05, 4.69) is 4.90 Å². The summed E-state index contributed by atoms with van der Waals surface area (Å²) < 4.78 is 5.11. The molecule has 1 fully saturated rings. The van der Waals surface area contributed by atoms with E-state index in [9.17, 15) is 9.90 Å². The molecule has 1 aromatic rings. The lowest BCUT2D eigenvalue weighted by atomic mass is 9.98. The Labute approximate surface area is 114 Å². The van der Waals surface area contributed by atoms with Crippen LogP contribution in [0.25, 0.3) is 0 Å². The van der Waals surface area contributed by atoms with Gasteiger partial charge in [0, 0.05) is 26.2 Å². The lowest BCUT2D eigenvalue weighted by Crippen LogP contribution is -2.36. The van der Waals surface area contributed by atoms with Crippen molar-refractivity contribution < 1.29 is 14.6 Å². The lowest BCUT2D eigenvalue weighted by Gasteiger charge is -2.25. The van der Waals surface area contributed by atoms with Crippen molar-refractivity contribution in [1.29, 1.82) is 0 Å². The molecule has 0 bridgehead atoms. The smallest absolute Gasteiger partial charge is 0.312 e. The quantitative estimate of drug-likeness (QED) is 0.779. The first-order chi connectivity index (χ1) is 9.22. The summed E-state index contributed by atoms with van der Waals surface area (Å²) in [4.78, 5) is 13.7. The Hall–Kier alpha value is -1.39. The zero-order chi connectivity index (χ0) is 13.7. The predicted octanol–water partition coefficient (Wildman–Crippen LogP) is 1.97. The third-order valence-electron chi connectivity index (χ3n) is 3.56. The summed E-state index contributed by atoms with van der Waals surface area (Å²) in [5.41, 5.74) is 0.873. The molecule has 0 spiro atoms. The van der Waals surface area contributed by atoms with Crippen LogP contribution in [-0.4, -0.2) is 48.8 Å². The maximum absolute atomic E-state index is 11.5. The summed E-state index contributed by atoms with van der Waals surface area (Å²) in [5, 5.41) is 9.45. The second-order valence-electron chi connectivity index (χ2n) is 5.02. The van der Waals surface area contributed by atoms with E-state index in [4.69, 9.17) is 4.74 Å². The zero-order valence-electron chi connectivity index (χ0n) is 11.3. The maximum Gasteiger partial charge on any atom is 0.312 e. The minimum absolute atomic E-state index is 0.460. The molecular formula is C15H21NO3. The molecule has 4 heteroatoms. The first-order valence-electron chi connectivity index (χ1n) is 6.73. The van der Waals surface area contributed by atoms with Crippen molar-refractivity contribution in [3.63, 3.8) is 0 Å². The van der Waals surface area contributed by atoms with E-state index < -0.39 is 11.9 Å². The van der Waals surface area contributed by atoms with Gasteiger partial charge in [0.05, 0.1) is 12.5 Å². The Morgan fingerprint density at radius 2 is 2.11 bits per heavy atom. The summed E-state index contributed by atoms with van der Waals surface area (Å²) in [5.74, 6) is -1.21. The number of ether oxygens (including phenoxy) is 1. The van der Waals surface area contributed by atoms with Gasteiger partial charge in [0.15, 0.2) is 0 Å². The minimum atomic E-state index is -0.755. The molecule has 2 rings (SSSR count). The Balaban J connectivity index is 2.04. The second kappa shape index (κ2) is 6.68. The fourth-order valence-corrected chi connectivity index (χ4v) is 2.32. The maximum atomic E-state index is 11.5. The van der Waals surface area contributed by atoms with Gasteiger partial charge >= 0.3 is 5.97 Å². The highest BCUT2D eigenvalue weighted by Crippen LogP contribution is 2.29. The average Bonchev–Trinajstić information content (AvgIpc) is 3.24. The van der Waals surface area contributed by atoms with Gasteiger partial charge in [-0.05, 0) is 18.4 Å². The summed E-state index contributed by atoms with van der Waals surface area (Å²) in [6.45, 7) is 2.02. The van der Waals surface area contributed by atoms with Crippen molar-refractivity contribution in [2.24, 2.45) is 0 Å². The summed E-state index contributed by atoms with van der Waals surface area (Å²) in [6, 6.07) is 10.0. The Bertz CT molecular complexity index is 403. The van der Waals surface area contributed by atoms with E-state index in [1.165, 1.54) is 12.8 Å². The normalized spacial score (nSPS) is 16.5. The number of methoxy groups -OCH3 is 1. The third kappa shape index (κ3) is 4.04. The van der Waals surface area contributed by atoms with Crippen LogP contribution in [0.1, 0.15) is 24.3 Å². The molecule has 4 nitrogen and oxygen atoms in total. The van der Waals surface area contributed by atoms with Gasteiger partial charge in [-0.1, -0.05) is 30.3 Å². The topological polar surface area (TPSA) is 49.8 Å². The fraction of sp³-hybridized carbons (Fsp3) is 0.533. The van der Waals surface area contributed by atoms with Gasteiger partial charge in [-0.3, -0.25) is 9.69 Å². The number of carbonyl (C=O) groups is 1. The van der Waals surface area contributed by atoms with Crippen molar-refractivity contribution in [3.8, 4) is 0 Å². The van der Waals surface area contributed by atoms with Crippen LogP contribution in [-0.2, 0) is 9.53 Å². The molecule has 0 heterocycles. The number of hydrogen-bond acceptors (Lipinski definition) is 3. The van der Waals surface area contributed by atoms with Gasteiger partial charge in [0.1, 0.15) is 0 Å². The van der Waals surface area contributed by atoms with E-state index in [-0.39, 0.29) is 0 Å². The molecule has 0 aliphatic heterocycles. The van der Waals surface area contributed by atoms with Gasteiger partial charge < -0.3 is 9.84 Å². The lowest BCUT2D eigenvalue weighted by molar-refractivity contribution is -0.139. The molecule has 1 saturated carbocycles. The number of benzene rings is 1. The monoisotopic (exact) mass is 263 g/mol. The summed E-state index contributed by atoms with van der Waals surface area (Å²) >= 11 is 0. The number of hydrogen-bond donors (Lipinski definition) is 1. The average molecular weight is 263 g/mol. The predicted molar refractivity (Wildman–Crippen MR) is 73.3 cm³/mol. The van der Waals surface area contributed by atoms with Crippen LogP contribution in [0.5, 0.6) is 0 Å². The standard InChI is InChI=1S/C15H21NO3/c1-19-10-9-16(13-7-8-13)11-14(15(17)18)12-5-3-2-4-6-12/h2-6,13-14H,7-11H2,1H3,(H,17,18).